The molecule has 0 bridgehead atoms. The molecule has 0 saturated heterocycles. The molecular weight excluding hydrogens is 274 g/mol. The summed E-state index contributed by atoms with van der Waals surface area (Å²) in [4.78, 5) is 15.6. The number of carbonyl (C=O) groups is 1. The van der Waals surface area contributed by atoms with Crippen LogP contribution in [0.15, 0.2) is 53.7 Å². The average molecular weight is 289 g/mol. The maximum absolute atomic E-state index is 11.4. The predicted molar refractivity (Wildman–Crippen MR) is 78.6 cm³/mol. The summed E-state index contributed by atoms with van der Waals surface area (Å²) in [6, 6.07) is 12.7. The Hall–Kier alpha value is -2.05. The van der Waals surface area contributed by atoms with Crippen molar-refractivity contribution in [3.05, 3.63) is 54.2 Å². The molecule has 3 N–H and O–H groups in total. The van der Waals surface area contributed by atoms with Crippen molar-refractivity contribution in [2.75, 3.05) is 12.4 Å². The number of hydrazine groups is 1. The van der Waals surface area contributed by atoms with E-state index in [1.54, 1.807) is 42.2 Å². The first-order valence-electron chi connectivity index (χ1n) is 6.07. The SMILES string of the molecule is NNC(=O)c1cccc(OCCSc2ccccn2)c1. The van der Waals surface area contributed by atoms with Crippen LogP contribution in [0.1, 0.15) is 10.4 Å². The second kappa shape index (κ2) is 7.52. The first kappa shape index (κ1) is 14.4. The van der Waals surface area contributed by atoms with Gasteiger partial charge in [-0.15, -0.1) is 11.8 Å². The van der Waals surface area contributed by atoms with Gasteiger partial charge in [0, 0.05) is 17.5 Å². The van der Waals surface area contributed by atoms with Gasteiger partial charge in [0.25, 0.3) is 5.91 Å². The molecule has 20 heavy (non-hydrogen) atoms. The molecule has 2 rings (SSSR count). The molecule has 0 saturated carbocycles. The molecule has 0 aliphatic carbocycles. The summed E-state index contributed by atoms with van der Waals surface area (Å²) >= 11 is 1.62. The van der Waals surface area contributed by atoms with Gasteiger partial charge in [-0.25, -0.2) is 10.8 Å². The van der Waals surface area contributed by atoms with E-state index in [1.807, 2.05) is 18.2 Å². The minimum atomic E-state index is -0.335. The van der Waals surface area contributed by atoms with Crippen LogP contribution in [0, 0.1) is 0 Å². The van der Waals surface area contributed by atoms with Crippen molar-refractivity contribution in [3.8, 4) is 5.75 Å². The molecule has 0 radical (unpaired) electrons. The maximum atomic E-state index is 11.4. The highest BCUT2D eigenvalue weighted by molar-refractivity contribution is 7.99. The summed E-state index contributed by atoms with van der Waals surface area (Å²) in [5.74, 6) is 6.18. The summed E-state index contributed by atoms with van der Waals surface area (Å²) in [6.07, 6.45) is 1.76. The van der Waals surface area contributed by atoms with Crippen molar-refractivity contribution in [2.24, 2.45) is 5.84 Å². The standard InChI is InChI=1S/C14H15N3O2S/c15-17-14(18)11-4-3-5-12(10-11)19-8-9-20-13-6-1-2-7-16-13/h1-7,10H,8-9,15H2,(H,17,18). The molecule has 104 valence electrons. The molecule has 0 atom stereocenters. The van der Waals surface area contributed by atoms with Gasteiger partial charge in [0.05, 0.1) is 11.6 Å². The fraction of sp³-hybridized carbons (Fsp3) is 0.143. The quantitative estimate of drug-likeness (QED) is 0.279. The van der Waals surface area contributed by atoms with Crippen LogP contribution < -0.4 is 16.0 Å². The average Bonchev–Trinajstić information content (AvgIpc) is 2.52. The fourth-order valence-corrected chi connectivity index (χ4v) is 2.23. The van der Waals surface area contributed by atoms with Gasteiger partial charge in [0.15, 0.2) is 0 Å². The minimum absolute atomic E-state index is 0.335. The van der Waals surface area contributed by atoms with Crippen LogP contribution in [-0.4, -0.2) is 23.3 Å². The number of benzene rings is 1. The van der Waals surface area contributed by atoms with Gasteiger partial charge in [-0.3, -0.25) is 10.2 Å². The summed E-state index contributed by atoms with van der Waals surface area (Å²) < 4.78 is 5.59. The lowest BCUT2D eigenvalue weighted by atomic mass is 10.2. The molecule has 0 spiro atoms. The number of pyridine rings is 1. The number of hydrogen-bond donors (Lipinski definition) is 2. The number of ether oxygens (including phenoxy) is 1. The predicted octanol–water partition coefficient (Wildman–Crippen LogP) is 1.86. The lowest BCUT2D eigenvalue weighted by Gasteiger charge is -2.07. The second-order valence-electron chi connectivity index (χ2n) is 3.87. The number of aromatic nitrogens is 1. The first-order valence-corrected chi connectivity index (χ1v) is 7.06. The molecule has 0 fully saturated rings. The fourth-order valence-electron chi connectivity index (χ4n) is 1.55. The van der Waals surface area contributed by atoms with E-state index in [-0.39, 0.29) is 5.91 Å². The van der Waals surface area contributed by atoms with Crippen LogP contribution in [0.4, 0.5) is 0 Å². The second-order valence-corrected chi connectivity index (χ2v) is 4.98. The Morgan fingerprint density at radius 3 is 2.95 bits per heavy atom. The van der Waals surface area contributed by atoms with Crippen LogP contribution in [0.5, 0.6) is 5.75 Å². The van der Waals surface area contributed by atoms with Crippen LogP contribution in [-0.2, 0) is 0 Å². The number of nitrogens with zero attached hydrogens (tertiary/aromatic N) is 1. The number of amides is 1. The van der Waals surface area contributed by atoms with E-state index in [4.69, 9.17) is 10.6 Å². The topological polar surface area (TPSA) is 77.2 Å². The zero-order valence-corrected chi connectivity index (χ0v) is 11.6. The Morgan fingerprint density at radius 1 is 1.30 bits per heavy atom. The first-order chi connectivity index (χ1) is 9.79. The number of hydrogen-bond acceptors (Lipinski definition) is 5. The molecule has 5 nitrogen and oxygen atoms in total. The Balaban J connectivity index is 1.81. The highest BCUT2D eigenvalue weighted by Gasteiger charge is 2.04. The van der Waals surface area contributed by atoms with Crippen molar-refractivity contribution in [3.63, 3.8) is 0 Å². The van der Waals surface area contributed by atoms with E-state index in [2.05, 4.69) is 10.4 Å². The largest absolute Gasteiger partial charge is 0.493 e. The van der Waals surface area contributed by atoms with Crippen molar-refractivity contribution >= 4 is 17.7 Å². The van der Waals surface area contributed by atoms with Gasteiger partial charge >= 0.3 is 0 Å². The molecule has 1 aromatic carbocycles. The number of thioether (sulfide) groups is 1. The third-order valence-corrected chi connectivity index (χ3v) is 3.38. The van der Waals surface area contributed by atoms with Gasteiger partial charge < -0.3 is 4.74 Å². The molecule has 0 aliphatic rings. The highest BCUT2D eigenvalue weighted by Crippen LogP contribution is 2.16. The Morgan fingerprint density at radius 2 is 2.20 bits per heavy atom. The van der Waals surface area contributed by atoms with Gasteiger partial charge in [0.2, 0.25) is 0 Å². The van der Waals surface area contributed by atoms with Crippen LogP contribution >= 0.6 is 11.8 Å². The zero-order chi connectivity index (χ0) is 14.2. The van der Waals surface area contributed by atoms with E-state index in [0.29, 0.717) is 17.9 Å². The highest BCUT2D eigenvalue weighted by atomic mass is 32.2. The van der Waals surface area contributed by atoms with Gasteiger partial charge in [-0.2, -0.15) is 0 Å². The Labute approximate surface area is 121 Å². The Bertz CT molecular complexity index is 563. The van der Waals surface area contributed by atoms with Gasteiger partial charge in [-0.05, 0) is 30.3 Å². The lowest BCUT2D eigenvalue weighted by Crippen LogP contribution is -2.29. The van der Waals surface area contributed by atoms with E-state index >= 15 is 0 Å². The zero-order valence-electron chi connectivity index (χ0n) is 10.8. The molecule has 1 amide bonds. The van der Waals surface area contributed by atoms with E-state index < -0.39 is 0 Å². The van der Waals surface area contributed by atoms with E-state index in [9.17, 15) is 4.79 Å². The minimum Gasteiger partial charge on any atom is -0.493 e. The summed E-state index contributed by atoms with van der Waals surface area (Å²) in [5, 5.41) is 0.965. The molecule has 1 aromatic heterocycles. The monoisotopic (exact) mass is 289 g/mol. The lowest BCUT2D eigenvalue weighted by molar-refractivity contribution is 0.0953. The number of rotatable bonds is 6. The van der Waals surface area contributed by atoms with Crippen LogP contribution in [0.25, 0.3) is 0 Å². The van der Waals surface area contributed by atoms with Crippen molar-refractivity contribution in [1.29, 1.82) is 0 Å². The molecular formula is C14H15N3O2S. The summed E-state index contributed by atoms with van der Waals surface area (Å²) in [6.45, 7) is 0.537. The van der Waals surface area contributed by atoms with Gasteiger partial charge in [0.1, 0.15) is 5.75 Å². The van der Waals surface area contributed by atoms with Crippen molar-refractivity contribution < 1.29 is 9.53 Å². The normalized spacial score (nSPS) is 10.1. The number of nitrogen functional groups attached to an aromatic ring is 1. The molecule has 6 heteroatoms. The maximum Gasteiger partial charge on any atom is 0.265 e. The van der Waals surface area contributed by atoms with Crippen LogP contribution in [0.3, 0.4) is 0 Å². The summed E-state index contributed by atoms with van der Waals surface area (Å²) in [5.41, 5.74) is 2.56. The number of nitrogens with two attached hydrogens (primary N) is 1. The van der Waals surface area contributed by atoms with Crippen molar-refractivity contribution in [1.82, 2.24) is 10.4 Å². The van der Waals surface area contributed by atoms with Crippen molar-refractivity contribution in [2.45, 2.75) is 5.03 Å². The Kier molecular flexibility index (Phi) is 5.40. The molecule has 0 aliphatic heterocycles. The molecule has 2 aromatic rings. The molecule has 1 heterocycles. The third-order valence-electron chi connectivity index (χ3n) is 2.47. The smallest absolute Gasteiger partial charge is 0.265 e. The third kappa shape index (κ3) is 4.25. The summed E-state index contributed by atoms with van der Waals surface area (Å²) in [7, 11) is 0. The van der Waals surface area contributed by atoms with E-state index in [1.165, 1.54) is 0 Å². The van der Waals surface area contributed by atoms with Crippen LogP contribution in [0.2, 0.25) is 0 Å². The number of nitrogens with one attached hydrogen (secondary N) is 1. The van der Waals surface area contributed by atoms with E-state index in [0.717, 1.165) is 10.8 Å². The molecule has 0 unspecified atom stereocenters. The van der Waals surface area contributed by atoms with Gasteiger partial charge in [-0.1, -0.05) is 12.1 Å². The number of carbonyl (C=O) groups excluding carboxylic acids is 1.